The van der Waals surface area contributed by atoms with Crippen molar-refractivity contribution in [3.05, 3.63) is 25.3 Å². The number of aromatic nitrogens is 8. The Bertz CT molecular complexity index is 2370. The highest BCUT2D eigenvalue weighted by atomic mass is 31.2. The maximum absolute atomic E-state index is 17.0. The summed E-state index contributed by atoms with van der Waals surface area (Å²) in [6, 6.07) is 0. The number of esters is 2. The lowest BCUT2D eigenvalue weighted by molar-refractivity contribution is -0.152. The van der Waals surface area contributed by atoms with Crippen LogP contribution in [0.4, 0.5) is 20.4 Å². The maximum atomic E-state index is 17.0. The van der Waals surface area contributed by atoms with Crippen molar-refractivity contribution in [2.45, 2.75) is 141 Å². The fourth-order valence-corrected chi connectivity index (χ4v) is 9.56. The van der Waals surface area contributed by atoms with Crippen LogP contribution in [0.1, 0.15) is 110 Å². The van der Waals surface area contributed by atoms with Crippen molar-refractivity contribution >= 4 is 61.3 Å². The Labute approximate surface area is 390 Å². The van der Waals surface area contributed by atoms with Gasteiger partial charge in [0.25, 0.3) is 0 Å². The molecule has 0 aromatic carbocycles. The van der Waals surface area contributed by atoms with E-state index in [9.17, 15) is 23.8 Å². The predicted molar refractivity (Wildman–Crippen MR) is 236 cm³/mol. The van der Waals surface area contributed by atoms with Gasteiger partial charge in [-0.25, -0.2) is 47.8 Å². The second-order valence-corrected chi connectivity index (χ2v) is 19.9. The van der Waals surface area contributed by atoms with Crippen LogP contribution in [0.2, 0.25) is 0 Å². The number of fused-ring (bicyclic) bond motifs is 2. The Kier molecular flexibility index (Phi) is 19.5. The van der Waals surface area contributed by atoms with Crippen LogP contribution in [0.3, 0.4) is 0 Å². The molecular weight excluding hydrogens is 944 g/mol. The Morgan fingerprint density at radius 1 is 0.691 bits per heavy atom. The highest BCUT2D eigenvalue weighted by Crippen LogP contribution is 2.55. The molecule has 24 nitrogen and oxygen atoms in total. The summed E-state index contributed by atoms with van der Waals surface area (Å²) >= 11 is 0. The standard InChI is InChI=1S/C40H60F2N10O14P2/c1-4-6-8-10-12-14-28(54)58-23-62-67(56,22-53)60-17-27-34(31(42)40(65-27)52-21-50-33-36(44)46-19-48-38(33)52)66-68(57,63-24-59-29(55)15-13-11-9-7-5-2)61-16-26-25(3)30(41)39(64-26)51-20-49-32-35(43)45-18-47-37(32)51/h18-21,25-27,30-31,34,39-40,53H,4-17,22-24H2,1-3H3,(H2,43,45,47)(H2,44,46,48)/t25-,26-,27-,30-,31-,34-,39-,40-,67?,68?/m1/s1. The molecule has 6 rings (SSSR count). The summed E-state index contributed by atoms with van der Waals surface area (Å²) < 4.78 is 114. The van der Waals surface area contributed by atoms with Crippen molar-refractivity contribution in [2.75, 3.05) is 44.6 Å². The van der Waals surface area contributed by atoms with Gasteiger partial charge in [-0.15, -0.1) is 0 Å². The van der Waals surface area contributed by atoms with Crippen molar-refractivity contribution in [3.63, 3.8) is 0 Å². The number of halogens is 2. The third-order valence-corrected chi connectivity index (χ3v) is 14.2. The number of nitrogens with zero attached hydrogens (tertiary/aromatic N) is 8. The summed E-state index contributed by atoms with van der Waals surface area (Å²) in [6.07, 6.45) is 0.483. The number of phosphoric ester groups is 1. The largest absolute Gasteiger partial charge is 0.478 e. The second kappa shape index (κ2) is 25.0. The fraction of sp³-hybridized carbons (Fsp3) is 0.700. The van der Waals surface area contributed by atoms with Crippen molar-refractivity contribution < 1.29 is 74.2 Å². The van der Waals surface area contributed by atoms with Gasteiger partial charge in [0, 0.05) is 18.8 Å². The van der Waals surface area contributed by atoms with E-state index in [0.717, 1.165) is 68.6 Å². The first-order chi connectivity index (χ1) is 32.7. The molecule has 68 heavy (non-hydrogen) atoms. The molecule has 0 bridgehead atoms. The summed E-state index contributed by atoms with van der Waals surface area (Å²) in [5, 5.41) is 10.1. The number of ether oxygens (including phenoxy) is 4. The molecule has 0 spiro atoms. The lowest BCUT2D eigenvalue weighted by Crippen LogP contribution is -2.35. The van der Waals surface area contributed by atoms with Crippen LogP contribution in [-0.2, 0) is 60.3 Å². The summed E-state index contributed by atoms with van der Waals surface area (Å²) in [5.74, 6) is -2.21. The molecular formula is C40H60F2N10O14P2. The molecule has 4 aromatic heterocycles. The zero-order valence-electron chi connectivity index (χ0n) is 38.1. The van der Waals surface area contributed by atoms with Gasteiger partial charge in [-0.1, -0.05) is 72.1 Å². The lowest BCUT2D eigenvalue weighted by Gasteiger charge is -2.26. The number of rotatable bonds is 29. The Balaban J connectivity index is 1.20. The molecule has 4 aromatic rings. The third-order valence-electron chi connectivity index (χ3n) is 11.4. The number of carbonyl (C=O) groups excluding carboxylic acids is 2. The van der Waals surface area contributed by atoms with Crippen molar-refractivity contribution in [3.8, 4) is 0 Å². The normalized spacial score (nSPS) is 24.6. The number of aliphatic hydroxyl groups is 1. The molecule has 0 saturated carbocycles. The van der Waals surface area contributed by atoms with E-state index in [1.165, 1.54) is 24.1 Å². The minimum absolute atomic E-state index is 0.0214. The Morgan fingerprint density at radius 2 is 1.19 bits per heavy atom. The Hall–Kier alpha value is -4.36. The van der Waals surface area contributed by atoms with Gasteiger partial charge in [-0.3, -0.25) is 36.9 Å². The van der Waals surface area contributed by atoms with Crippen LogP contribution < -0.4 is 11.5 Å². The van der Waals surface area contributed by atoms with Crippen LogP contribution in [0.25, 0.3) is 22.3 Å². The average molecular weight is 1000 g/mol. The maximum Gasteiger partial charge on any atom is 0.478 e. The molecule has 5 N–H and O–H groups in total. The summed E-state index contributed by atoms with van der Waals surface area (Å²) in [4.78, 5) is 49.4. The third kappa shape index (κ3) is 13.5. The minimum Gasteiger partial charge on any atom is -0.438 e. The monoisotopic (exact) mass is 1000 g/mol. The van der Waals surface area contributed by atoms with Gasteiger partial charge in [0.2, 0.25) is 13.6 Å². The smallest absolute Gasteiger partial charge is 0.438 e. The first kappa shape index (κ1) is 53.0. The molecule has 2 aliphatic heterocycles. The van der Waals surface area contributed by atoms with E-state index < -0.39 is 110 Å². The number of nitrogens with two attached hydrogens (primary N) is 2. The molecule has 0 aliphatic carbocycles. The highest BCUT2D eigenvalue weighted by molar-refractivity contribution is 7.53. The van der Waals surface area contributed by atoms with Gasteiger partial charge in [-0.05, 0) is 12.8 Å². The van der Waals surface area contributed by atoms with Gasteiger partial charge in [-0.2, -0.15) is 0 Å². The number of imidazole rings is 2. The van der Waals surface area contributed by atoms with E-state index in [4.69, 9.17) is 53.0 Å². The van der Waals surface area contributed by atoms with E-state index in [2.05, 4.69) is 43.8 Å². The van der Waals surface area contributed by atoms with Gasteiger partial charge < -0.3 is 40.0 Å². The number of alkyl halides is 2. The van der Waals surface area contributed by atoms with Crippen LogP contribution in [0.15, 0.2) is 25.3 Å². The predicted octanol–water partition coefficient (Wildman–Crippen LogP) is 6.36. The summed E-state index contributed by atoms with van der Waals surface area (Å²) in [6.45, 7) is 2.27. The van der Waals surface area contributed by atoms with Crippen molar-refractivity contribution in [2.24, 2.45) is 5.92 Å². The van der Waals surface area contributed by atoms with Crippen molar-refractivity contribution in [1.82, 2.24) is 39.0 Å². The van der Waals surface area contributed by atoms with E-state index in [1.807, 2.05) is 0 Å². The Morgan fingerprint density at radius 3 is 1.74 bits per heavy atom. The van der Waals surface area contributed by atoms with Gasteiger partial charge >= 0.3 is 27.4 Å². The first-order valence-electron chi connectivity index (χ1n) is 22.5. The topological polar surface area (TPSA) is 311 Å². The van der Waals surface area contributed by atoms with Crippen molar-refractivity contribution in [1.29, 1.82) is 0 Å². The molecule has 6 heterocycles. The zero-order valence-corrected chi connectivity index (χ0v) is 39.9. The molecule has 28 heteroatoms. The number of anilines is 2. The van der Waals surface area contributed by atoms with Crippen LogP contribution >= 0.6 is 15.4 Å². The van der Waals surface area contributed by atoms with Gasteiger partial charge in [0.15, 0.2) is 47.7 Å². The number of phosphoric acid groups is 1. The molecule has 0 radical (unpaired) electrons. The number of unbranched alkanes of at least 4 members (excludes halogenated alkanes) is 8. The molecule has 378 valence electrons. The van der Waals surface area contributed by atoms with E-state index in [-0.39, 0.29) is 46.8 Å². The van der Waals surface area contributed by atoms with E-state index >= 15 is 8.78 Å². The molecule has 2 fully saturated rings. The number of carbonyl (C=O) groups is 2. The highest BCUT2D eigenvalue weighted by Gasteiger charge is 2.53. The quantitative estimate of drug-likeness (QED) is 0.0230. The van der Waals surface area contributed by atoms with Crippen LogP contribution in [-0.4, -0.2) is 120 Å². The second-order valence-electron chi connectivity index (χ2n) is 16.3. The SMILES string of the molecule is CCCCCCCC(=O)OCOP(=O)(CO)OC[C@H]1O[C@@H](n2cnc3c(N)ncnc32)[C@H](F)[C@@H]1OP(=O)(OCOC(=O)CCCCCCC)OC[C@H]1O[C@@H](n2cnc3c(N)ncnc32)[C@H](F)[C@@H]1C. The summed E-state index contributed by atoms with van der Waals surface area (Å²) in [5.41, 5.74) is 12.4. The molecule has 2 aliphatic rings. The zero-order chi connectivity index (χ0) is 48.8. The number of nitrogen functional groups attached to an aromatic ring is 2. The number of aliphatic hydroxyl groups excluding tert-OH is 1. The summed E-state index contributed by atoms with van der Waals surface area (Å²) in [7, 11) is -9.63. The number of hydrogen-bond acceptors (Lipinski definition) is 22. The van der Waals surface area contributed by atoms with Gasteiger partial charge in [0.05, 0.1) is 32.0 Å². The van der Waals surface area contributed by atoms with Crippen LogP contribution in [0, 0.1) is 5.92 Å². The minimum atomic E-state index is -5.13. The first-order valence-corrected chi connectivity index (χ1v) is 25.7. The van der Waals surface area contributed by atoms with E-state index in [1.54, 1.807) is 0 Å². The molecule has 10 atom stereocenters. The average Bonchev–Trinajstić information content (AvgIpc) is 4.09. The number of hydrogen-bond donors (Lipinski definition) is 3. The van der Waals surface area contributed by atoms with Gasteiger partial charge in [0.1, 0.15) is 42.2 Å². The molecule has 2 saturated heterocycles. The lowest BCUT2D eigenvalue weighted by atomic mass is 10.0. The van der Waals surface area contributed by atoms with E-state index in [0.29, 0.717) is 12.8 Å². The fourth-order valence-electron chi connectivity index (χ4n) is 7.48. The molecule has 2 unspecified atom stereocenters. The van der Waals surface area contributed by atoms with Crippen LogP contribution in [0.5, 0.6) is 0 Å². The molecule has 0 amide bonds.